The van der Waals surface area contributed by atoms with Crippen LogP contribution < -0.4 is 16.0 Å². The van der Waals surface area contributed by atoms with Gasteiger partial charge in [0.25, 0.3) is 0 Å². The van der Waals surface area contributed by atoms with E-state index in [0.29, 0.717) is 0 Å². The predicted octanol–water partition coefficient (Wildman–Crippen LogP) is 1.19. The number of nitrogens with one attached hydrogen (secondary N) is 1. The summed E-state index contributed by atoms with van der Waals surface area (Å²) in [5, 5.41) is 2.92. The fourth-order valence-corrected chi connectivity index (χ4v) is 2.44. The normalized spacial score (nSPS) is 23.3. The van der Waals surface area contributed by atoms with Gasteiger partial charge in [-0.05, 0) is 31.0 Å². The summed E-state index contributed by atoms with van der Waals surface area (Å²) in [6, 6.07) is 5.64. The van der Waals surface area contributed by atoms with Crippen molar-refractivity contribution in [3.05, 3.63) is 18.2 Å². The third-order valence-corrected chi connectivity index (χ3v) is 3.14. The molecule has 3 rings (SSSR count). The van der Waals surface area contributed by atoms with E-state index in [1.54, 1.807) is 0 Å². The van der Waals surface area contributed by atoms with Crippen molar-refractivity contribution >= 4 is 23.0 Å². The van der Waals surface area contributed by atoms with Crippen LogP contribution in [-0.2, 0) is 4.79 Å². The number of nitrogens with two attached hydrogens (primary N) is 1. The van der Waals surface area contributed by atoms with Crippen molar-refractivity contribution in [2.24, 2.45) is 0 Å². The van der Waals surface area contributed by atoms with Crippen LogP contribution in [0.4, 0.5) is 17.1 Å². The highest BCUT2D eigenvalue weighted by Crippen LogP contribution is 2.37. The lowest BCUT2D eigenvalue weighted by Gasteiger charge is -2.33. The van der Waals surface area contributed by atoms with E-state index < -0.39 is 0 Å². The molecular formula is C11H13N3O. The van der Waals surface area contributed by atoms with E-state index in [9.17, 15) is 4.79 Å². The molecule has 0 aromatic heterocycles. The Balaban J connectivity index is 2.12. The van der Waals surface area contributed by atoms with E-state index in [1.165, 1.54) is 0 Å². The van der Waals surface area contributed by atoms with Gasteiger partial charge in [0.1, 0.15) is 6.04 Å². The van der Waals surface area contributed by atoms with Gasteiger partial charge in [0.15, 0.2) is 0 Å². The minimum atomic E-state index is 0.0132. The largest absolute Gasteiger partial charge is 0.399 e. The number of anilines is 3. The average Bonchev–Trinajstić information content (AvgIpc) is 2.69. The van der Waals surface area contributed by atoms with E-state index in [-0.39, 0.29) is 11.9 Å². The number of rotatable bonds is 0. The monoisotopic (exact) mass is 203 g/mol. The van der Waals surface area contributed by atoms with Gasteiger partial charge in [-0.3, -0.25) is 4.79 Å². The number of hydrogen-bond donors (Lipinski definition) is 2. The highest BCUT2D eigenvalue weighted by molar-refractivity contribution is 6.04. The van der Waals surface area contributed by atoms with Crippen molar-refractivity contribution in [3.63, 3.8) is 0 Å². The molecular weight excluding hydrogens is 190 g/mol. The molecule has 4 nitrogen and oxygen atoms in total. The Morgan fingerprint density at radius 2 is 2.33 bits per heavy atom. The summed E-state index contributed by atoms with van der Waals surface area (Å²) in [5.74, 6) is 0.116. The molecule has 1 atom stereocenters. The molecule has 1 aromatic carbocycles. The van der Waals surface area contributed by atoms with Crippen LogP contribution in [0.2, 0.25) is 0 Å². The molecule has 0 aliphatic carbocycles. The van der Waals surface area contributed by atoms with E-state index >= 15 is 0 Å². The van der Waals surface area contributed by atoms with E-state index in [4.69, 9.17) is 5.73 Å². The minimum Gasteiger partial charge on any atom is -0.399 e. The van der Waals surface area contributed by atoms with Gasteiger partial charge in [-0.15, -0.1) is 0 Å². The number of carbonyl (C=O) groups is 1. The lowest BCUT2D eigenvalue weighted by atomic mass is 10.1. The molecule has 2 aliphatic heterocycles. The standard InChI is InChI=1S/C11H13N3O/c12-7-3-4-8-10(6-7)14-5-1-2-9(14)11(15)13-8/h3-4,6,9H,1-2,5,12H2,(H,13,15). The van der Waals surface area contributed by atoms with Gasteiger partial charge in [0.05, 0.1) is 11.4 Å². The maximum atomic E-state index is 11.7. The summed E-state index contributed by atoms with van der Waals surface area (Å²) < 4.78 is 0. The van der Waals surface area contributed by atoms with Crippen molar-refractivity contribution in [2.45, 2.75) is 18.9 Å². The zero-order valence-electron chi connectivity index (χ0n) is 8.36. The van der Waals surface area contributed by atoms with Crippen LogP contribution in [0.25, 0.3) is 0 Å². The zero-order valence-corrected chi connectivity index (χ0v) is 8.36. The molecule has 1 aromatic rings. The second-order valence-electron chi connectivity index (χ2n) is 4.12. The molecule has 0 saturated carbocycles. The van der Waals surface area contributed by atoms with Crippen molar-refractivity contribution in [3.8, 4) is 0 Å². The minimum absolute atomic E-state index is 0.0132. The molecule has 4 heteroatoms. The molecule has 1 fully saturated rings. The molecule has 0 radical (unpaired) electrons. The van der Waals surface area contributed by atoms with Crippen LogP contribution in [0.1, 0.15) is 12.8 Å². The van der Waals surface area contributed by atoms with Crippen molar-refractivity contribution in [1.82, 2.24) is 0 Å². The molecule has 1 saturated heterocycles. The first-order valence-corrected chi connectivity index (χ1v) is 5.23. The average molecular weight is 203 g/mol. The summed E-state index contributed by atoms with van der Waals surface area (Å²) in [4.78, 5) is 13.9. The van der Waals surface area contributed by atoms with Crippen LogP contribution in [0, 0.1) is 0 Å². The molecule has 0 spiro atoms. The van der Waals surface area contributed by atoms with Gasteiger partial charge in [-0.1, -0.05) is 0 Å². The SMILES string of the molecule is Nc1ccc2c(c1)N1CCCC1C(=O)N2. The summed E-state index contributed by atoms with van der Waals surface area (Å²) in [6.45, 7) is 0.953. The first-order valence-electron chi connectivity index (χ1n) is 5.23. The molecule has 2 aliphatic rings. The maximum absolute atomic E-state index is 11.7. The number of fused-ring (bicyclic) bond motifs is 3. The smallest absolute Gasteiger partial charge is 0.247 e. The topological polar surface area (TPSA) is 58.4 Å². The van der Waals surface area contributed by atoms with Gasteiger partial charge in [-0.2, -0.15) is 0 Å². The Morgan fingerprint density at radius 3 is 3.20 bits per heavy atom. The van der Waals surface area contributed by atoms with Crippen LogP contribution in [-0.4, -0.2) is 18.5 Å². The lowest BCUT2D eigenvalue weighted by Crippen LogP contribution is -2.43. The van der Waals surface area contributed by atoms with Gasteiger partial charge >= 0.3 is 0 Å². The van der Waals surface area contributed by atoms with Crippen molar-refractivity contribution in [1.29, 1.82) is 0 Å². The summed E-state index contributed by atoms with van der Waals surface area (Å²) in [6.07, 6.45) is 2.02. The molecule has 0 bridgehead atoms. The fourth-order valence-electron chi connectivity index (χ4n) is 2.44. The van der Waals surface area contributed by atoms with E-state index in [2.05, 4.69) is 10.2 Å². The number of amides is 1. The summed E-state index contributed by atoms with van der Waals surface area (Å²) >= 11 is 0. The first kappa shape index (κ1) is 8.59. The molecule has 15 heavy (non-hydrogen) atoms. The number of nitrogen functional groups attached to an aromatic ring is 1. The first-order chi connectivity index (χ1) is 7.25. The number of carbonyl (C=O) groups excluding carboxylic acids is 1. The highest BCUT2D eigenvalue weighted by Gasteiger charge is 2.36. The quantitative estimate of drug-likeness (QED) is 0.623. The van der Waals surface area contributed by atoms with Gasteiger partial charge in [0.2, 0.25) is 5.91 Å². The van der Waals surface area contributed by atoms with Crippen LogP contribution in [0.5, 0.6) is 0 Å². The fraction of sp³-hybridized carbons (Fsp3) is 0.364. The number of benzene rings is 1. The highest BCUT2D eigenvalue weighted by atomic mass is 16.2. The van der Waals surface area contributed by atoms with Crippen LogP contribution in [0.15, 0.2) is 18.2 Å². The third-order valence-electron chi connectivity index (χ3n) is 3.14. The Kier molecular flexibility index (Phi) is 1.65. The predicted molar refractivity (Wildman–Crippen MR) is 59.9 cm³/mol. The summed E-state index contributed by atoms with van der Waals surface area (Å²) in [7, 11) is 0. The van der Waals surface area contributed by atoms with Gasteiger partial charge < -0.3 is 16.0 Å². The molecule has 2 heterocycles. The Hall–Kier alpha value is -1.71. The van der Waals surface area contributed by atoms with Crippen LogP contribution in [0.3, 0.4) is 0 Å². The zero-order chi connectivity index (χ0) is 10.4. The second kappa shape index (κ2) is 2.89. The number of nitrogens with zero attached hydrogens (tertiary/aromatic N) is 1. The molecule has 78 valence electrons. The molecule has 1 amide bonds. The van der Waals surface area contributed by atoms with Crippen molar-refractivity contribution < 1.29 is 4.79 Å². The molecule has 3 N–H and O–H groups in total. The van der Waals surface area contributed by atoms with Crippen molar-refractivity contribution in [2.75, 3.05) is 22.5 Å². The Morgan fingerprint density at radius 1 is 1.47 bits per heavy atom. The Bertz CT molecular complexity index is 430. The van der Waals surface area contributed by atoms with Gasteiger partial charge in [0, 0.05) is 12.2 Å². The molecule has 1 unspecified atom stereocenters. The second-order valence-corrected chi connectivity index (χ2v) is 4.12. The lowest BCUT2D eigenvalue weighted by molar-refractivity contribution is -0.117. The van der Waals surface area contributed by atoms with E-state index in [0.717, 1.165) is 36.4 Å². The summed E-state index contributed by atoms with van der Waals surface area (Å²) in [5.41, 5.74) is 8.45. The Labute approximate surface area is 88.1 Å². The maximum Gasteiger partial charge on any atom is 0.247 e. The van der Waals surface area contributed by atoms with Gasteiger partial charge in [-0.25, -0.2) is 0 Å². The van der Waals surface area contributed by atoms with E-state index in [1.807, 2.05) is 18.2 Å². The third kappa shape index (κ3) is 1.17. The van der Waals surface area contributed by atoms with Crippen LogP contribution >= 0.6 is 0 Å². The number of hydrogen-bond acceptors (Lipinski definition) is 3.